The number of hydrogen-bond donors (Lipinski definition) is 3. The molecule has 0 aliphatic carbocycles. The fourth-order valence-corrected chi connectivity index (χ4v) is 3.30. The van der Waals surface area contributed by atoms with Crippen LogP contribution in [0.2, 0.25) is 0 Å². The van der Waals surface area contributed by atoms with Crippen LogP contribution in [0.3, 0.4) is 0 Å². The first kappa shape index (κ1) is 22.8. The van der Waals surface area contributed by atoms with Crippen molar-refractivity contribution in [3.05, 3.63) is 65.7 Å². The second kappa shape index (κ2) is 10.3. The van der Waals surface area contributed by atoms with Gasteiger partial charge in [0.2, 0.25) is 0 Å². The zero-order valence-electron chi connectivity index (χ0n) is 17.8. The highest BCUT2D eigenvalue weighted by molar-refractivity contribution is 5.68. The Morgan fingerprint density at radius 1 is 1.00 bits per heavy atom. The van der Waals surface area contributed by atoms with Gasteiger partial charge in [0.15, 0.2) is 0 Å². The Morgan fingerprint density at radius 3 is 2.17 bits per heavy atom. The van der Waals surface area contributed by atoms with Gasteiger partial charge in [-0.1, -0.05) is 49.4 Å². The van der Waals surface area contributed by atoms with Gasteiger partial charge in [-0.05, 0) is 69.2 Å². The van der Waals surface area contributed by atoms with E-state index in [-0.39, 0.29) is 11.7 Å². The Bertz CT molecular complexity index is 753. The van der Waals surface area contributed by atoms with E-state index in [9.17, 15) is 15.0 Å². The summed E-state index contributed by atoms with van der Waals surface area (Å²) in [6.07, 6.45) is 0.599. The Hall–Kier alpha value is -2.53. The third kappa shape index (κ3) is 8.57. The molecule has 3 N–H and O–H groups in total. The molecule has 0 radical (unpaired) electrons. The van der Waals surface area contributed by atoms with Crippen LogP contribution in [0.5, 0.6) is 5.75 Å². The molecule has 2 aromatic rings. The summed E-state index contributed by atoms with van der Waals surface area (Å²) in [5, 5.41) is 23.2. The number of carbonyl (C=O) groups excluding carboxylic acids is 1. The summed E-state index contributed by atoms with van der Waals surface area (Å²) in [5.41, 5.74) is 1.54. The van der Waals surface area contributed by atoms with E-state index < -0.39 is 23.8 Å². The maximum atomic E-state index is 12.3. The van der Waals surface area contributed by atoms with E-state index in [1.54, 1.807) is 12.1 Å². The molecular weight excluding hydrogens is 366 g/mol. The van der Waals surface area contributed by atoms with Crippen LogP contribution in [0, 0.1) is 5.92 Å². The van der Waals surface area contributed by atoms with Crippen LogP contribution >= 0.6 is 0 Å². The quantitative estimate of drug-likeness (QED) is 0.612. The van der Waals surface area contributed by atoms with Gasteiger partial charge >= 0.3 is 6.09 Å². The minimum absolute atomic E-state index is 0.202. The molecule has 0 aliphatic heterocycles. The largest absolute Gasteiger partial charge is 0.508 e. The highest BCUT2D eigenvalue weighted by Gasteiger charge is 2.26. The van der Waals surface area contributed by atoms with Gasteiger partial charge in [0.1, 0.15) is 11.4 Å². The first-order valence-corrected chi connectivity index (χ1v) is 10.1. The Morgan fingerprint density at radius 2 is 1.59 bits per heavy atom. The van der Waals surface area contributed by atoms with Crippen LogP contribution in [0.4, 0.5) is 4.79 Å². The van der Waals surface area contributed by atoms with Crippen molar-refractivity contribution in [1.82, 2.24) is 5.32 Å². The van der Waals surface area contributed by atoms with Gasteiger partial charge in [-0.15, -0.1) is 0 Å². The molecule has 0 unspecified atom stereocenters. The van der Waals surface area contributed by atoms with E-state index >= 15 is 0 Å². The van der Waals surface area contributed by atoms with Crippen molar-refractivity contribution in [3.8, 4) is 5.75 Å². The number of alkyl carbamates (subject to hydrolysis) is 1. The molecule has 2 rings (SSSR count). The van der Waals surface area contributed by atoms with Crippen molar-refractivity contribution in [2.75, 3.05) is 0 Å². The number of rotatable bonds is 8. The van der Waals surface area contributed by atoms with Gasteiger partial charge in [0.05, 0.1) is 12.1 Å². The Balaban J connectivity index is 2.02. The zero-order chi connectivity index (χ0) is 21.4. The standard InChI is InChI=1S/C24H33NO4/c1-17(14-19-10-12-20(26)13-11-19)15-22(27)21(16-18-8-6-5-7-9-18)25-23(28)29-24(2,3)4/h5-13,17,21-22,26-27H,14-16H2,1-4H3,(H,25,28)/t17-,21+,22+/m1/s1. The number of amides is 1. The second-order valence-corrected chi connectivity index (χ2v) is 8.72. The maximum absolute atomic E-state index is 12.3. The van der Waals surface area contributed by atoms with Gasteiger partial charge in [-0.3, -0.25) is 0 Å². The first-order chi connectivity index (χ1) is 13.6. The molecule has 0 saturated heterocycles. The molecule has 0 fully saturated rings. The number of nitrogens with one attached hydrogen (secondary N) is 1. The fraction of sp³-hybridized carbons (Fsp3) is 0.458. The molecule has 0 bridgehead atoms. The van der Waals surface area contributed by atoms with E-state index in [2.05, 4.69) is 12.2 Å². The molecule has 1 amide bonds. The van der Waals surface area contributed by atoms with E-state index in [0.717, 1.165) is 17.5 Å². The van der Waals surface area contributed by atoms with Crippen molar-refractivity contribution in [2.45, 2.75) is 64.7 Å². The average molecular weight is 400 g/mol. The van der Waals surface area contributed by atoms with Crippen LogP contribution in [0.25, 0.3) is 0 Å². The lowest BCUT2D eigenvalue weighted by atomic mass is 9.90. The summed E-state index contributed by atoms with van der Waals surface area (Å²) in [4.78, 5) is 12.3. The second-order valence-electron chi connectivity index (χ2n) is 8.72. The topological polar surface area (TPSA) is 78.8 Å². The van der Waals surface area contributed by atoms with Gasteiger partial charge in [0, 0.05) is 0 Å². The lowest BCUT2D eigenvalue weighted by Crippen LogP contribution is -2.47. The highest BCUT2D eigenvalue weighted by atomic mass is 16.6. The maximum Gasteiger partial charge on any atom is 0.407 e. The minimum atomic E-state index is -0.713. The fourth-order valence-electron chi connectivity index (χ4n) is 3.30. The van der Waals surface area contributed by atoms with Gasteiger partial charge < -0.3 is 20.3 Å². The number of carbonyl (C=O) groups is 1. The summed E-state index contributed by atoms with van der Waals surface area (Å²) in [6, 6.07) is 16.5. The molecule has 0 saturated carbocycles. The average Bonchev–Trinajstić information content (AvgIpc) is 2.62. The SMILES string of the molecule is C[C@H](Cc1ccc(O)cc1)C[C@H](O)[C@H](Cc1ccccc1)NC(=O)OC(C)(C)C. The van der Waals surface area contributed by atoms with Crippen molar-refractivity contribution in [3.63, 3.8) is 0 Å². The molecule has 5 nitrogen and oxygen atoms in total. The van der Waals surface area contributed by atoms with Crippen molar-refractivity contribution in [1.29, 1.82) is 0 Å². The molecule has 3 atom stereocenters. The zero-order valence-corrected chi connectivity index (χ0v) is 17.8. The lowest BCUT2D eigenvalue weighted by Gasteiger charge is -2.28. The third-order valence-corrected chi connectivity index (χ3v) is 4.63. The molecule has 0 aliphatic rings. The number of hydrogen-bond acceptors (Lipinski definition) is 4. The first-order valence-electron chi connectivity index (χ1n) is 10.1. The molecule has 0 heterocycles. The van der Waals surface area contributed by atoms with Crippen molar-refractivity contribution < 1.29 is 19.7 Å². The predicted octanol–water partition coefficient (Wildman–Crippen LogP) is 4.46. The molecule has 0 aromatic heterocycles. The van der Waals surface area contributed by atoms with Crippen LogP contribution in [-0.2, 0) is 17.6 Å². The Labute approximate surface area is 173 Å². The highest BCUT2D eigenvalue weighted by Crippen LogP contribution is 2.19. The minimum Gasteiger partial charge on any atom is -0.508 e. The van der Waals surface area contributed by atoms with Gasteiger partial charge in [0.25, 0.3) is 0 Å². The molecule has 2 aromatic carbocycles. The molecule has 158 valence electrons. The summed E-state index contributed by atoms with van der Waals surface area (Å²) >= 11 is 0. The number of phenols is 1. The van der Waals surface area contributed by atoms with Crippen LogP contribution in [0.1, 0.15) is 45.2 Å². The van der Waals surface area contributed by atoms with Gasteiger partial charge in [-0.25, -0.2) is 4.79 Å². The third-order valence-electron chi connectivity index (χ3n) is 4.63. The van der Waals surface area contributed by atoms with Crippen LogP contribution in [-0.4, -0.2) is 34.1 Å². The van der Waals surface area contributed by atoms with Gasteiger partial charge in [-0.2, -0.15) is 0 Å². The predicted molar refractivity (Wildman–Crippen MR) is 115 cm³/mol. The van der Waals surface area contributed by atoms with Crippen LogP contribution in [0.15, 0.2) is 54.6 Å². The number of ether oxygens (including phenoxy) is 1. The number of phenolic OH excluding ortho intramolecular Hbond substituents is 1. The molecular formula is C24H33NO4. The smallest absolute Gasteiger partial charge is 0.407 e. The van der Waals surface area contributed by atoms with Crippen molar-refractivity contribution >= 4 is 6.09 Å². The molecule has 5 heteroatoms. The van der Waals surface area contributed by atoms with E-state index in [1.165, 1.54) is 0 Å². The number of aliphatic hydroxyl groups is 1. The summed E-state index contributed by atoms with van der Waals surface area (Å²) in [5.74, 6) is 0.444. The summed E-state index contributed by atoms with van der Waals surface area (Å²) in [7, 11) is 0. The normalized spacial score (nSPS) is 14.7. The summed E-state index contributed by atoms with van der Waals surface area (Å²) < 4.78 is 5.38. The molecule has 29 heavy (non-hydrogen) atoms. The monoisotopic (exact) mass is 399 g/mol. The van der Waals surface area contributed by atoms with E-state index in [1.807, 2.05) is 63.2 Å². The van der Waals surface area contributed by atoms with Crippen molar-refractivity contribution in [2.24, 2.45) is 5.92 Å². The van der Waals surface area contributed by atoms with Crippen LogP contribution < -0.4 is 5.32 Å². The number of benzene rings is 2. The molecule has 0 spiro atoms. The van der Waals surface area contributed by atoms with E-state index in [4.69, 9.17) is 4.74 Å². The number of aromatic hydroxyl groups is 1. The lowest BCUT2D eigenvalue weighted by molar-refractivity contribution is 0.0395. The summed E-state index contributed by atoms with van der Waals surface area (Å²) in [6.45, 7) is 7.52. The number of aliphatic hydroxyl groups excluding tert-OH is 1. The van der Waals surface area contributed by atoms with E-state index in [0.29, 0.717) is 12.8 Å². The Kier molecular flexibility index (Phi) is 8.09.